The average Bonchev–Trinajstić information content (AvgIpc) is 3.22. The quantitative estimate of drug-likeness (QED) is 0.313. The minimum atomic E-state index is -0.560. The van der Waals surface area contributed by atoms with Crippen molar-refractivity contribution < 1.29 is 14.0 Å². The molecule has 1 aliphatic heterocycles. The second-order valence-corrected chi connectivity index (χ2v) is 9.86. The van der Waals surface area contributed by atoms with Gasteiger partial charge in [0.2, 0.25) is 5.91 Å². The maximum atomic E-state index is 13.7. The third-order valence-electron chi connectivity index (χ3n) is 6.57. The Kier molecular flexibility index (Phi) is 7.46. The molecule has 5 rings (SSSR count). The van der Waals surface area contributed by atoms with Gasteiger partial charge in [0, 0.05) is 55.4 Å². The molecule has 0 fully saturated rings. The molecule has 1 aliphatic rings. The van der Waals surface area contributed by atoms with E-state index < -0.39 is 11.7 Å². The van der Waals surface area contributed by atoms with E-state index in [1.165, 1.54) is 12.1 Å². The van der Waals surface area contributed by atoms with E-state index in [1.54, 1.807) is 41.1 Å². The number of halogens is 3. The lowest BCUT2D eigenvalue weighted by Gasteiger charge is -2.27. The Morgan fingerprint density at radius 2 is 1.97 bits per heavy atom. The maximum absolute atomic E-state index is 13.7. The highest BCUT2D eigenvalue weighted by molar-refractivity contribution is 6.30. The Hall–Kier alpha value is -3.72. The Morgan fingerprint density at radius 1 is 1.13 bits per heavy atom. The van der Waals surface area contributed by atoms with Crippen LogP contribution in [-0.4, -0.2) is 39.5 Å². The molecular formula is C28H24Cl2FN5O2. The SMILES string of the molecule is NC(=O)c1ccc2c3c(n(C(=O)NCc4ccnc(Cl)c4)c2c1)CCN(C/C=C/c1ccc(Cl)c(F)c1)C3. The average molecular weight is 552 g/mol. The summed E-state index contributed by atoms with van der Waals surface area (Å²) in [4.78, 5) is 31.5. The fourth-order valence-corrected chi connectivity index (χ4v) is 5.03. The molecule has 0 atom stereocenters. The third kappa shape index (κ3) is 5.43. The molecule has 4 aromatic rings. The van der Waals surface area contributed by atoms with Crippen LogP contribution in [0.1, 0.15) is 32.7 Å². The Morgan fingerprint density at radius 3 is 2.74 bits per heavy atom. The molecule has 0 spiro atoms. The first-order valence-corrected chi connectivity index (χ1v) is 12.7. The van der Waals surface area contributed by atoms with Gasteiger partial charge in [-0.1, -0.05) is 47.5 Å². The summed E-state index contributed by atoms with van der Waals surface area (Å²) in [6, 6.07) is 13.1. The Balaban J connectivity index is 1.40. The lowest BCUT2D eigenvalue weighted by Crippen LogP contribution is -2.34. The fourth-order valence-electron chi connectivity index (χ4n) is 4.72. The first-order chi connectivity index (χ1) is 18.3. The van der Waals surface area contributed by atoms with Crippen LogP contribution in [0.2, 0.25) is 10.2 Å². The molecule has 194 valence electrons. The highest BCUT2D eigenvalue weighted by Crippen LogP contribution is 2.32. The number of carbonyl (C=O) groups is 2. The van der Waals surface area contributed by atoms with Crippen molar-refractivity contribution >= 4 is 52.1 Å². The Bertz CT molecular complexity index is 1580. The minimum Gasteiger partial charge on any atom is -0.366 e. The number of rotatable bonds is 6. The highest BCUT2D eigenvalue weighted by atomic mass is 35.5. The number of primary amides is 1. The van der Waals surface area contributed by atoms with Crippen LogP contribution in [0.15, 0.2) is 60.8 Å². The zero-order chi connectivity index (χ0) is 26.8. The molecule has 0 radical (unpaired) electrons. The van der Waals surface area contributed by atoms with E-state index in [0.717, 1.165) is 34.3 Å². The van der Waals surface area contributed by atoms with E-state index >= 15 is 0 Å². The zero-order valence-corrected chi connectivity index (χ0v) is 21.8. The predicted molar refractivity (Wildman–Crippen MR) is 147 cm³/mol. The molecule has 0 bridgehead atoms. The van der Waals surface area contributed by atoms with Crippen LogP contribution in [0.5, 0.6) is 0 Å². The molecule has 3 N–H and O–H groups in total. The third-order valence-corrected chi connectivity index (χ3v) is 7.08. The van der Waals surface area contributed by atoms with Gasteiger partial charge in [0.25, 0.3) is 0 Å². The van der Waals surface area contributed by atoms with Gasteiger partial charge < -0.3 is 11.1 Å². The lowest BCUT2D eigenvalue weighted by atomic mass is 10.0. The van der Waals surface area contributed by atoms with Crippen molar-refractivity contribution in [1.82, 2.24) is 19.8 Å². The second-order valence-electron chi connectivity index (χ2n) is 9.06. The number of fused-ring (bicyclic) bond motifs is 3. The summed E-state index contributed by atoms with van der Waals surface area (Å²) >= 11 is 11.7. The van der Waals surface area contributed by atoms with Gasteiger partial charge in [-0.2, -0.15) is 0 Å². The summed E-state index contributed by atoms with van der Waals surface area (Å²) in [5.41, 5.74) is 9.96. The number of nitrogens with one attached hydrogen (secondary N) is 1. The van der Waals surface area contributed by atoms with E-state index in [9.17, 15) is 14.0 Å². The van der Waals surface area contributed by atoms with E-state index in [1.807, 2.05) is 18.2 Å². The summed E-state index contributed by atoms with van der Waals surface area (Å²) in [7, 11) is 0. The molecule has 2 aromatic carbocycles. The monoisotopic (exact) mass is 551 g/mol. The molecular weight excluding hydrogens is 528 g/mol. The molecule has 2 aromatic heterocycles. The van der Waals surface area contributed by atoms with Crippen molar-refractivity contribution in [2.75, 3.05) is 13.1 Å². The number of hydrogen-bond acceptors (Lipinski definition) is 4. The summed E-state index contributed by atoms with van der Waals surface area (Å²) in [6.07, 6.45) is 6.05. The van der Waals surface area contributed by atoms with Crippen LogP contribution in [0.25, 0.3) is 17.0 Å². The van der Waals surface area contributed by atoms with Gasteiger partial charge in [-0.05, 0) is 53.1 Å². The number of aromatic nitrogens is 2. The van der Waals surface area contributed by atoms with Crippen molar-refractivity contribution in [2.45, 2.75) is 19.5 Å². The summed E-state index contributed by atoms with van der Waals surface area (Å²) in [5, 5.41) is 4.28. The van der Waals surface area contributed by atoms with E-state index in [2.05, 4.69) is 15.2 Å². The van der Waals surface area contributed by atoms with Gasteiger partial charge in [0.05, 0.1) is 10.5 Å². The number of pyridine rings is 1. The number of amides is 2. The fraction of sp³-hybridized carbons (Fsp3) is 0.179. The smallest absolute Gasteiger partial charge is 0.326 e. The van der Waals surface area contributed by atoms with Gasteiger partial charge in [0.15, 0.2) is 0 Å². The summed E-state index contributed by atoms with van der Waals surface area (Å²) in [5.74, 6) is -1.01. The molecule has 3 heterocycles. The largest absolute Gasteiger partial charge is 0.366 e. The van der Waals surface area contributed by atoms with Crippen LogP contribution in [0, 0.1) is 5.82 Å². The predicted octanol–water partition coefficient (Wildman–Crippen LogP) is 5.41. The number of nitrogens with zero attached hydrogens (tertiary/aromatic N) is 3. The lowest BCUT2D eigenvalue weighted by molar-refractivity contribution is 0.100. The van der Waals surface area contributed by atoms with Gasteiger partial charge >= 0.3 is 6.03 Å². The normalized spacial score (nSPS) is 13.7. The second kappa shape index (κ2) is 10.9. The van der Waals surface area contributed by atoms with Crippen molar-refractivity contribution in [3.8, 4) is 0 Å². The van der Waals surface area contributed by atoms with E-state index in [0.29, 0.717) is 35.7 Å². The van der Waals surface area contributed by atoms with Gasteiger partial charge in [0.1, 0.15) is 11.0 Å². The van der Waals surface area contributed by atoms with Gasteiger partial charge in [-0.25, -0.2) is 14.2 Å². The molecule has 0 aliphatic carbocycles. The maximum Gasteiger partial charge on any atom is 0.326 e. The topological polar surface area (TPSA) is 93.2 Å². The van der Waals surface area contributed by atoms with E-state index in [-0.39, 0.29) is 17.6 Å². The van der Waals surface area contributed by atoms with Crippen molar-refractivity contribution in [1.29, 1.82) is 0 Å². The van der Waals surface area contributed by atoms with Crippen LogP contribution in [-0.2, 0) is 19.5 Å². The first-order valence-electron chi connectivity index (χ1n) is 12.0. The number of nitrogens with two attached hydrogens (primary N) is 1. The van der Waals surface area contributed by atoms with Crippen LogP contribution >= 0.6 is 23.2 Å². The van der Waals surface area contributed by atoms with Gasteiger partial charge in [-0.15, -0.1) is 0 Å². The summed E-state index contributed by atoms with van der Waals surface area (Å²) in [6.45, 7) is 2.25. The van der Waals surface area contributed by atoms with E-state index in [4.69, 9.17) is 28.9 Å². The van der Waals surface area contributed by atoms with Crippen molar-refractivity contribution in [3.05, 3.63) is 105 Å². The first kappa shape index (κ1) is 25.9. The van der Waals surface area contributed by atoms with Crippen molar-refractivity contribution in [2.24, 2.45) is 5.73 Å². The molecule has 0 unspecified atom stereocenters. The minimum absolute atomic E-state index is 0.0928. The summed E-state index contributed by atoms with van der Waals surface area (Å²) < 4.78 is 15.4. The zero-order valence-electron chi connectivity index (χ0n) is 20.3. The molecule has 0 saturated carbocycles. The standard InChI is InChI=1S/C28H24Cl2FN5O2/c29-22-6-3-17(12-23(22)31)2-1-10-35-11-8-24-21(16-35)20-5-4-19(27(32)37)14-25(20)36(24)28(38)34-15-18-7-9-33-26(30)13-18/h1-7,9,12-14H,8,10-11,15-16H2,(H2,32,37)(H,34,38)/b2-1+. The number of hydrogen-bond donors (Lipinski definition) is 2. The molecule has 2 amide bonds. The number of carbonyl (C=O) groups excluding carboxylic acids is 2. The molecule has 10 heteroatoms. The van der Waals surface area contributed by atoms with Crippen LogP contribution < -0.4 is 11.1 Å². The molecule has 7 nitrogen and oxygen atoms in total. The van der Waals surface area contributed by atoms with Crippen molar-refractivity contribution in [3.63, 3.8) is 0 Å². The van der Waals surface area contributed by atoms with Crippen LogP contribution in [0.4, 0.5) is 9.18 Å². The van der Waals surface area contributed by atoms with Crippen LogP contribution in [0.3, 0.4) is 0 Å². The number of benzene rings is 2. The highest BCUT2D eigenvalue weighted by Gasteiger charge is 2.26. The van der Waals surface area contributed by atoms with Gasteiger partial charge in [-0.3, -0.25) is 14.3 Å². The Labute approximate surface area is 228 Å². The molecule has 0 saturated heterocycles. The molecule has 38 heavy (non-hydrogen) atoms.